The molecule has 1 rings (SSSR count). The van der Waals surface area contributed by atoms with E-state index in [-0.39, 0.29) is 0 Å². The Morgan fingerprint density at radius 1 is 1.18 bits per heavy atom. The van der Waals surface area contributed by atoms with Crippen molar-refractivity contribution in [3.63, 3.8) is 0 Å². The minimum Gasteiger partial charge on any atom is -0.491 e. The summed E-state index contributed by atoms with van der Waals surface area (Å²) < 4.78 is 10.5. The van der Waals surface area contributed by atoms with E-state index in [4.69, 9.17) is 32.7 Å². The van der Waals surface area contributed by atoms with E-state index in [1.165, 1.54) is 0 Å². The van der Waals surface area contributed by atoms with Crippen molar-refractivity contribution in [2.45, 2.75) is 6.42 Å². The highest BCUT2D eigenvalue weighted by Crippen LogP contribution is 2.27. The fourth-order valence-corrected chi connectivity index (χ4v) is 1.62. The molecule has 0 aromatic heterocycles. The van der Waals surface area contributed by atoms with Crippen molar-refractivity contribution in [1.29, 1.82) is 0 Å². The molecule has 17 heavy (non-hydrogen) atoms. The highest BCUT2D eigenvalue weighted by atomic mass is 35.5. The van der Waals surface area contributed by atoms with Gasteiger partial charge in [0.1, 0.15) is 12.4 Å². The summed E-state index contributed by atoms with van der Waals surface area (Å²) >= 11 is 11.8. The van der Waals surface area contributed by atoms with Crippen LogP contribution in [0.25, 0.3) is 0 Å². The van der Waals surface area contributed by atoms with Crippen LogP contribution in [0.15, 0.2) is 18.2 Å². The Bertz CT molecular complexity index is 334. The SMILES string of the molecule is COCCCNCCOc1cc(Cl)ccc1Cl. The summed E-state index contributed by atoms with van der Waals surface area (Å²) in [6.45, 7) is 3.02. The zero-order valence-electron chi connectivity index (χ0n) is 9.84. The van der Waals surface area contributed by atoms with Crippen LogP contribution in [-0.2, 0) is 4.74 Å². The van der Waals surface area contributed by atoms with Gasteiger partial charge in [0.25, 0.3) is 0 Å². The minimum absolute atomic E-state index is 0.563. The number of nitrogens with one attached hydrogen (secondary N) is 1. The van der Waals surface area contributed by atoms with Crippen LogP contribution in [0.4, 0.5) is 0 Å². The van der Waals surface area contributed by atoms with Crippen molar-refractivity contribution in [3.05, 3.63) is 28.2 Å². The lowest BCUT2D eigenvalue weighted by atomic mass is 10.3. The standard InChI is InChI=1S/C12H17Cl2NO2/c1-16-7-2-5-15-6-8-17-12-9-10(13)3-4-11(12)14/h3-4,9,15H,2,5-8H2,1H3. The smallest absolute Gasteiger partial charge is 0.139 e. The number of hydrogen-bond donors (Lipinski definition) is 1. The van der Waals surface area contributed by atoms with E-state index in [9.17, 15) is 0 Å². The minimum atomic E-state index is 0.563. The molecule has 0 fully saturated rings. The molecule has 1 N–H and O–H groups in total. The van der Waals surface area contributed by atoms with E-state index in [1.807, 2.05) is 0 Å². The van der Waals surface area contributed by atoms with E-state index in [0.717, 1.165) is 26.1 Å². The van der Waals surface area contributed by atoms with Crippen LogP contribution >= 0.6 is 23.2 Å². The Labute approximate surface area is 112 Å². The molecule has 0 saturated heterocycles. The van der Waals surface area contributed by atoms with E-state index >= 15 is 0 Å². The first-order valence-electron chi connectivity index (χ1n) is 5.51. The fourth-order valence-electron chi connectivity index (χ4n) is 1.29. The number of ether oxygens (including phenoxy) is 2. The molecule has 1 aromatic rings. The first-order valence-corrected chi connectivity index (χ1v) is 6.27. The maximum Gasteiger partial charge on any atom is 0.139 e. The summed E-state index contributed by atoms with van der Waals surface area (Å²) in [5, 5.41) is 4.44. The second-order valence-corrected chi connectivity index (χ2v) is 4.36. The average molecular weight is 278 g/mol. The number of hydrogen-bond acceptors (Lipinski definition) is 3. The van der Waals surface area contributed by atoms with Gasteiger partial charge in [0.05, 0.1) is 5.02 Å². The summed E-state index contributed by atoms with van der Waals surface area (Å²) in [4.78, 5) is 0. The topological polar surface area (TPSA) is 30.5 Å². The maximum absolute atomic E-state index is 5.96. The van der Waals surface area contributed by atoms with E-state index in [1.54, 1.807) is 25.3 Å². The molecule has 0 atom stereocenters. The van der Waals surface area contributed by atoms with Gasteiger partial charge in [-0.25, -0.2) is 0 Å². The van der Waals surface area contributed by atoms with Gasteiger partial charge in [-0.1, -0.05) is 23.2 Å². The van der Waals surface area contributed by atoms with Gasteiger partial charge in [-0.2, -0.15) is 0 Å². The fraction of sp³-hybridized carbons (Fsp3) is 0.500. The lowest BCUT2D eigenvalue weighted by Gasteiger charge is -2.09. The summed E-state index contributed by atoms with van der Waals surface area (Å²) in [5.41, 5.74) is 0. The molecule has 0 saturated carbocycles. The van der Waals surface area contributed by atoms with Crippen molar-refractivity contribution in [2.24, 2.45) is 0 Å². The predicted molar refractivity (Wildman–Crippen MR) is 71.3 cm³/mol. The first kappa shape index (κ1) is 14.6. The maximum atomic E-state index is 5.96. The van der Waals surface area contributed by atoms with E-state index < -0.39 is 0 Å². The molecule has 5 heteroatoms. The third kappa shape index (κ3) is 6.13. The Balaban J connectivity index is 2.15. The normalized spacial score (nSPS) is 10.5. The summed E-state index contributed by atoms with van der Waals surface area (Å²) in [6, 6.07) is 5.18. The van der Waals surface area contributed by atoms with Crippen molar-refractivity contribution >= 4 is 23.2 Å². The highest BCUT2D eigenvalue weighted by Gasteiger charge is 2.01. The largest absolute Gasteiger partial charge is 0.491 e. The monoisotopic (exact) mass is 277 g/mol. The second kappa shape index (κ2) is 8.59. The highest BCUT2D eigenvalue weighted by molar-refractivity contribution is 6.34. The Hall–Kier alpha value is -0.480. The van der Waals surface area contributed by atoms with Crippen LogP contribution in [0.5, 0.6) is 5.75 Å². The predicted octanol–water partition coefficient (Wildman–Crippen LogP) is 3.00. The molecule has 3 nitrogen and oxygen atoms in total. The molecule has 0 aliphatic rings. The Kier molecular flexibility index (Phi) is 7.37. The van der Waals surface area contributed by atoms with Gasteiger partial charge in [-0.05, 0) is 25.1 Å². The number of benzene rings is 1. The molecule has 0 aliphatic carbocycles. The summed E-state index contributed by atoms with van der Waals surface area (Å²) in [7, 11) is 1.70. The van der Waals surface area contributed by atoms with Gasteiger partial charge in [0, 0.05) is 31.4 Å². The number of halogens is 2. The van der Waals surface area contributed by atoms with Crippen molar-refractivity contribution in [2.75, 3.05) is 33.4 Å². The Morgan fingerprint density at radius 3 is 2.76 bits per heavy atom. The molecule has 0 radical (unpaired) electrons. The van der Waals surface area contributed by atoms with Crippen molar-refractivity contribution < 1.29 is 9.47 Å². The second-order valence-electron chi connectivity index (χ2n) is 3.52. The Morgan fingerprint density at radius 2 is 2.00 bits per heavy atom. The van der Waals surface area contributed by atoms with Crippen molar-refractivity contribution in [1.82, 2.24) is 5.32 Å². The van der Waals surface area contributed by atoms with Crippen LogP contribution in [0.3, 0.4) is 0 Å². The van der Waals surface area contributed by atoms with Gasteiger partial charge >= 0.3 is 0 Å². The number of rotatable bonds is 8. The lowest BCUT2D eigenvalue weighted by Crippen LogP contribution is -2.22. The van der Waals surface area contributed by atoms with Crippen LogP contribution in [0.1, 0.15) is 6.42 Å². The molecule has 0 bridgehead atoms. The summed E-state index contributed by atoms with van der Waals surface area (Å²) in [6.07, 6.45) is 0.994. The van der Waals surface area contributed by atoms with Crippen LogP contribution in [0, 0.1) is 0 Å². The van der Waals surface area contributed by atoms with Gasteiger partial charge in [0.15, 0.2) is 0 Å². The van der Waals surface area contributed by atoms with E-state index in [0.29, 0.717) is 22.4 Å². The zero-order valence-corrected chi connectivity index (χ0v) is 11.4. The molecule has 0 amide bonds. The third-order valence-corrected chi connectivity index (χ3v) is 2.68. The van der Waals surface area contributed by atoms with E-state index in [2.05, 4.69) is 5.32 Å². The molecule has 0 unspecified atom stereocenters. The molecule has 0 heterocycles. The lowest BCUT2D eigenvalue weighted by molar-refractivity contribution is 0.193. The van der Waals surface area contributed by atoms with Gasteiger partial charge in [-0.3, -0.25) is 0 Å². The molecule has 0 spiro atoms. The zero-order chi connectivity index (χ0) is 12.5. The number of methoxy groups -OCH3 is 1. The molecular formula is C12H17Cl2NO2. The molecule has 1 aromatic carbocycles. The quantitative estimate of drug-likeness (QED) is 0.741. The molecule has 96 valence electrons. The van der Waals surface area contributed by atoms with Gasteiger partial charge < -0.3 is 14.8 Å². The van der Waals surface area contributed by atoms with Crippen LogP contribution in [0.2, 0.25) is 10.0 Å². The first-order chi connectivity index (χ1) is 8.24. The van der Waals surface area contributed by atoms with Gasteiger partial charge in [-0.15, -0.1) is 0 Å². The van der Waals surface area contributed by atoms with Crippen LogP contribution in [-0.4, -0.2) is 33.4 Å². The third-order valence-electron chi connectivity index (χ3n) is 2.13. The molecular weight excluding hydrogens is 261 g/mol. The summed E-state index contributed by atoms with van der Waals surface area (Å²) in [5.74, 6) is 0.623. The average Bonchev–Trinajstić information content (AvgIpc) is 2.32. The molecule has 0 aliphatic heterocycles. The van der Waals surface area contributed by atoms with Crippen molar-refractivity contribution in [3.8, 4) is 5.75 Å². The van der Waals surface area contributed by atoms with Gasteiger partial charge in [0.2, 0.25) is 0 Å². The van der Waals surface area contributed by atoms with Crippen LogP contribution < -0.4 is 10.1 Å².